The van der Waals surface area contributed by atoms with Crippen molar-refractivity contribution in [1.29, 1.82) is 0 Å². The van der Waals surface area contributed by atoms with E-state index in [2.05, 4.69) is 10.3 Å². The van der Waals surface area contributed by atoms with Crippen LogP contribution in [-0.2, 0) is 0 Å². The minimum atomic E-state index is 0.635. The molecule has 2 aromatic carbocycles. The van der Waals surface area contributed by atoms with E-state index >= 15 is 0 Å². The summed E-state index contributed by atoms with van der Waals surface area (Å²) < 4.78 is 5.32. The van der Waals surface area contributed by atoms with Crippen LogP contribution in [0.25, 0.3) is 11.3 Å². The zero-order valence-electron chi connectivity index (χ0n) is 11.8. The lowest BCUT2D eigenvalue weighted by atomic mass is 10.1. The molecule has 0 aliphatic carbocycles. The topological polar surface area (TPSA) is 60.2 Å². The quantitative estimate of drug-likeness (QED) is 0.674. The van der Waals surface area contributed by atoms with E-state index in [-0.39, 0.29) is 0 Å². The fourth-order valence-electron chi connectivity index (χ4n) is 2.05. The molecule has 0 atom stereocenters. The third kappa shape index (κ3) is 3.16. The minimum Gasteiger partial charge on any atom is -0.495 e. The molecule has 0 amide bonds. The number of nitrogen functional groups attached to an aromatic ring is 1. The summed E-state index contributed by atoms with van der Waals surface area (Å²) in [6.45, 7) is 0. The van der Waals surface area contributed by atoms with Crippen molar-refractivity contribution >= 4 is 39.4 Å². The van der Waals surface area contributed by atoms with Crippen molar-refractivity contribution in [3.8, 4) is 17.0 Å². The predicted molar refractivity (Wildman–Crippen MR) is 93.2 cm³/mol. The highest BCUT2D eigenvalue weighted by molar-refractivity contribution is 7.14. The van der Waals surface area contributed by atoms with Crippen LogP contribution in [0.1, 0.15) is 0 Å². The lowest BCUT2D eigenvalue weighted by Crippen LogP contribution is -1.94. The van der Waals surface area contributed by atoms with Crippen LogP contribution in [0.15, 0.2) is 47.8 Å². The first kappa shape index (κ1) is 14.7. The van der Waals surface area contributed by atoms with Crippen LogP contribution < -0.4 is 15.8 Å². The van der Waals surface area contributed by atoms with Gasteiger partial charge >= 0.3 is 0 Å². The maximum absolute atomic E-state index is 6.03. The molecule has 6 heteroatoms. The number of nitrogens with two attached hydrogens (primary N) is 1. The third-order valence-corrected chi connectivity index (χ3v) is 4.08. The molecule has 0 aliphatic rings. The molecule has 0 saturated carbocycles. The van der Waals surface area contributed by atoms with E-state index in [0.29, 0.717) is 10.8 Å². The minimum absolute atomic E-state index is 0.635. The van der Waals surface area contributed by atoms with Gasteiger partial charge in [-0.2, -0.15) is 0 Å². The number of benzene rings is 2. The van der Waals surface area contributed by atoms with Gasteiger partial charge in [-0.3, -0.25) is 0 Å². The van der Waals surface area contributed by atoms with E-state index in [0.717, 1.165) is 27.8 Å². The van der Waals surface area contributed by atoms with Crippen LogP contribution in [0.3, 0.4) is 0 Å². The van der Waals surface area contributed by atoms with Crippen LogP contribution in [0, 0.1) is 0 Å². The number of halogens is 1. The van der Waals surface area contributed by atoms with Crippen molar-refractivity contribution in [2.24, 2.45) is 0 Å². The maximum atomic E-state index is 6.03. The Hall–Kier alpha value is -2.24. The van der Waals surface area contributed by atoms with Crippen LogP contribution in [0.5, 0.6) is 5.75 Å². The molecule has 3 aromatic rings. The van der Waals surface area contributed by atoms with E-state index < -0.39 is 0 Å². The Morgan fingerprint density at radius 2 is 2.09 bits per heavy atom. The fraction of sp³-hybridized carbons (Fsp3) is 0.0625. The largest absolute Gasteiger partial charge is 0.495 e. The molecule has 4 nitrogen and oxygen atoms in total. The molecule has 0 spiro atoms. The third-order valence-electron chi connectivity index (χ3n) is 3.09. The molecule has 0 unspecified atom stereocenters. The smallest absolute Gasteiger partial charge is 0.187 e. The number of ether oxygens (including phenoxy) is 1. The summed E-state index contributed by atoms with van der Waals surface area (Å²) in [7, 11) is 1.62. The zero-order chi connectivity index (χ0) is 15.5. The fourth-order valence-corrected chi connectivity index (χ4v) is 2.96. The van der Waals surface area contributed by atoms with Crippen LogP contribution in [0.2, 0.25) is 5.02 Å². The number of hydrogen-bond acceptors (Lipinski definition) is 5. The van der Waals surface area contributed by atoms with Gasteiger partial charge in [0.15, 0.2) is 5.13 Å². The van der Waals surface area contributed by atoms with E-state index in [1.165, 1.54) is 11.3 Å². The molecule has 0 aliphatic heterocycles. The molecule has 1 heterocycles. The van der Waals surface area contributed by atoms with E-state index in [1.807, 2.05) is 41.8 Å². The standard InChI is InChI=1S/C16H14ClN3OS/c1-21-15-6-5-11(17)8-13(15)19-16-20-14(9-22-16)10-3-2-4-12(18)7-10/h2-9H,18H2,1H3,(H,19,20). The van der Waals surface area contributed by atoms with Crippen LogP contribution >= 0.6 is 22.9 Å². The molecule has 0 saturated heterocycles. The highest BCUT2D eigenvalue weighted by Crippen LogP contribution is 2.33. The number of nitrogens with zero attached hydrogens (tertiary/aromatic N) is 1. The Morgan fingerprint density at radius 1 is 1.23 bits per heavy atom. The van der Waals surface area contributed by atoms with Crippen molar-refractivity contribution in [1.82, 2.24) is 4.98 Å². The van der Waals surface area contributed by atoms with E-state index in [1.54, 1.807) is 13.2 Å². The molecular formula is C16H14ClN3OS. The summed E-state index contributed by atoms with van der Waals surface area (Å²) in [5.41, 5.74) is 9.17. The Bertz CT molecular complexity index is 804. The van der Waals surface area contributed by atoms with Crippen molar-refractivity contribution in [2.75, 3.05) is 18.2 Å². The monoisotopic (exact) mass is 331 g/mol. The zero-order valence-corrected chi connectivity index (χ0v) is 13.4. The van der Waals surface area contributed by atoms with Gasteiger partial charge in [-0.1, -0.05) is 23.7 Å². The molecule has 3 N–H and O–H groups in total. The van der Waals surface area contributed by atoms with Gasteiger partial charge in [-0.25, -0.2) is 4.98 Å². The number of methoxy groups -OCH3 is 1. The van der Waals surface area contributed by atoms with Gasteiger partial charge in [-0.05, 0) is 30.3 Å². The lowest BCUT2D eigenvalue weighted by Gasteiger charge is -2.09. The summed E-state index contributed by atoms with van der Waals surface area (Å²) in [6.07, 6.45) is 0. The average Bonchev–Trinajstić information content (AvgIpc) is 2.96. The molecule has 22 heavy (non-hydrogen) atoms. The van der Waals surface area contributed by atoms with E-state index in [4.69, 9.17) is 22.1 Å². The van der Waals surface area contributed by atoms with Gasteiger partial charge in [0.2, 0.25) is 0 Å². The Morgan fingerprint density at radius 3 is 2.86 bits per heavy atom. The summed E-state index contributed by atoms with van der Waals surface area (Å²) in [5, 5.41) is 6.61. The van der Waals surface area contributed by atoms with Crippen LogP contribution in [0.4, 0.5) is 16.5 Å². The Kier molecular flexibility index (Phi) is 4.18. The molecular weight excluding hydrogens is 318 g/mol. The summed E-state index contributed by atoms with van der Waals surface area (Å²) in [4.78, 5) is 4.58. The van der Waals surface area contributed by atoms with Crippen molar-refractivity contribution in [3.63, 3.8) is 0 Å². The van der Waals surface area contributed by atoms with Crippen LogP contribution in [-0.4, -0.2) is 12.1 Å². The average molecular weight is 332 g/mol. The first-order valence-corrected chi connectivity index (χ1v) is 7.83. The van der Waals surface area contributed by atoms with Crippen molar-refractivity contribution in [3.05, 3.63) is 52.9 Å². The van der Waals surface area contributed by atoms with Gasteiger partial charge in [0, 0.05) is 21.7 Å². The highest BCUT2D eigenvalue weighted by Gasteiger charge is 2.08. The number of rotatable bonds is 4. The normalized spacial score (nSPS) is 10.5. The maximum Gasteiger partial charge on any atom is 0.187 e. The Labute approximate surface area is 137 Å². The molecule has 112 valence electrons. The predicted octanol–water partition coefficient (Wildman–Crippen LogP) is 4.80. The van der Waals surface area contributed by atoms with Gasteiger partial charge in [0.1, 0.15) is 5.75 Å². The lowest BCUT2D eigenvalue weighted by molar-refractivity contribution is 0.417. The summed E-state index contributed by atoms with van der Waals surface area (Å²) >= 11 is 7.54. The first-order valence-electron chi connectivity index (χ1n) is 6.58. The number of anilines is 3. The number of hydrogen-bond donors (Lipinski definition) is 2. The van der Waals surface area contributed by atoms with Gasteiger partial charge in [0.05, 0.1) is 18.5 Å². The van der Waals surface area contributed by atoms with Gasteiger partial charge in [-0.15, -0.1) is 11.3 Å². The molecule has 0 radical (unpaired) electrons. The molecule has 1 aromatic heterocycles. The summed E-state index contributed by atoms with van der Waals surface area (Å²) in [5.74, 6) is 0.713. The summed E-state index contributed by atoms with van der Waals surface area (Å²) in [6, 6.07) is 13.1. The number of nitrogens with one attached hydrogen (secondary N) is 1. The first-order chi connectivity index (χ1) is 10.7. The highest BCUT2D eigenvalue weighted by atomic mass is 35.5. The molecule has 3 rings (SSSR count). The second-order valence-corrected chi connectivity index (χ2v) is 5.93. The van der Waals surface area contributed by atoms with Crippen molar-refractivity contribution < 1.29 is 4.74 Å². The Balaban J connectivity index is 1.87. The second-order valence-electron chi connectivity index (χ2n) is 4.63. The van der Waals surface area contributed by atoms with Crippen molar-refractivity contribution in [2.45, 2.75) is 0 Å². The molecule has 0 fully saturated rings. The SMILES string of the molecule is COc1ccc(Cl)cc1Nc1nc(-c2cccc(N)c2)cs1. The molecule has 0 bridgehead atoms. The van der Waals surface area contributed by atoms with Gasteiger partial charge < -0.3 is 15.8 Å². The van der Waals surface area contributed by atoms with Gasteiger partial charge in [0.25, 0.3) is 0 Å². The number of thiazole rings is 1. The number of aromatic nitrogens is 1. The second kappa shape index (κ2) is 6.25. The van der Waals surface area contributed by atoms with E-state index in [9.17, 15) is 0 Å².